The van der Waals surface area contributed by atoms with Gasteiger partial charge in [-0.1, -0.05) is 0 Å². The summed E-state index contributed by atoms with van der Waals surface area (Å²) in [5.74, 6) is 1.39. The Labute approximate surface area is 122 Å². The van der Waals surface area contributed by atoms with Gasteiger partial charge in [0.15, 0.2) is 5.96 Å². The largest absolute Gasteiger partial charge is 0.490 e. The summed E-state index contributed by atoms with van der Waals surface area (Å²) in [7, 11) is 0. The molecule has 0 atom stereocenters. The second-order valence-corrected chi connectivity index (χ2v) is 5.71. The van der Waals surface area contributed by atoms with Crippen molar-refractivity contribution >= 4 is 49.2 Å². The normalized spacial score (nSPS) is 17.9. The number of rotatable bonds is 1. The summed E-state index contributed by atoms with van der Waals surface area (Å²) in [6.07, 6.45) is 0. The van der Waals surface area contributed by atoms with Crippen molar-refractivity contribution in [3.05, 3.63) is 15.0 Å². The molecule has 96 valence electrons. The smallest absolute Gasteiger partial charge is 0.196 e. The van der Waals surface area contributed by atoms with Crippen LogP contribution in [0.15, 0.2) is 20.0 Å². The predicted octanol–water partition coefficient (Wildman–Crippen LogP) is 2.15. The van der Waals surface area contributed by atoms with Gasteiger partial charge in [0, 0.05) is 17.6 Å². The van der Waals surface area contributed by atoms with Gasteiger partial charge in [0.2, 0.25) is 0 Å². The van der Waals surface area contributed by atoms with E-state index in [1.165, 1.54) is 0 Å². The Morgan fingerprint density at radius 2 is 2.28 bits per heavy atom. The van der Waals surface area contributed by atoms with Crippen molar-refractivity contribution in [3.8, 4) is 5.75 Å². The fourth-order valence-corrected chi connectivity index (χ4v) is 3.79. The standard InChI is InChI=1S/C11H12Br2N4O/c12-6-5-7-9(15-2-4-18-7)8(13)10(6)17-3-1-16-11(17)14/h5,15H,1-4H2,(H2,14,16). The monoisotopic (exact) mass is 374 g/mol. The topological polar surface area (TPSA) is 62.9 Å². The van der Waals surface area contributed by atoms with Crippen LogP contribution in [-0.4, -0.2) is 32.2 Å². The Balaban J connectivity index is 2.12. The lowest BCUT2D eigenvalue weighted by Gasteiger charge is -2.26. The summed E-state index contributed by atoms with van der Waals surface area (Å²) in [6.45, 7) is 3.00. The molecule has 7 heteroatoms. The first-order valence-corrected chi connectivity index (χ1v) is 7.23. The number of nitrogens with two attached hydrogens (primary N) is 1. The molecular weight excluding hydrogens is 364 g/mol. The van der Waals surface area contributed by atoms with Crippen molar-refractivity contribution in [1.82, 2.24) is 0 Å². The third-order valence-electron chi connectivity index (χ3n) is 2.96. The second kappa shape index (κ2) is 4.62. The van der Waals surface area contributed by atoms with Crippen LogP contribution in [0.1, 0.15) is 0 Å². The van der Waals surface area contributed by atoms with E-state index >= 15 is 0 Å². The molecule has 2 heterocycles. The molecule has 18 heavy (non-hydrogen) atoms. The van der Waals surface area contributed by atoms with Gasteiger partial charge < -0.3 is 20.7 Å². The van der Waals surface area contributed by atoms with E-state index in [0.29, 0.717) is 12.6 Å². The van der Waals surface area contributed by atoms with Gasteiger partial charge in [-0.25, -0.2) is 0 Å². The first-order valence-electron chi connectivity index (χ1n) is 5.64. The van der Waals surface area contributed by atoms with Gasteiger partial charge in [-0.05, 0) is 37.9 Å². The molecule has 2 aliphatic heterocycles. The van der Waals surface area contributed by atoms with Crippen LogP contribution in [-0.2, 0) is 0 Å². The molecule has 0 spiro atoms. The lowest BCUT2D eigenvalue weighted by atomic mass is 10.2. The quantitative estimate of drug-likeness (QED) is 0.789. The number of benzene rings is 1. The number of hydrogen-bond acceptors (Lipinski definition) is 5. The van der Waals surface area contributed by atoms with E-state index in [0.717, 1.165) is 45.7 Å². The molecule has 2 aliphatic rings. The lowest BCUT2D eigenvalue weighted by Crippen LogP contribution is -2.34. The molecule has 0 saturated carbocycles. The van der Waals surface area contributed by atoms with Crippen molar-refractivity contribution in [1.29, 1.82) is 0 Å². The first kappa shape index (κ1) is 12.1. The van der Waals surface area contributed by atoms with E-state index in [-0.39, 0.29) is 0 Å². The van der Waals surface area contributed by atoms with Crippen LogP contribution < -0.4 is 20.7 Å². The van der Waals surface area contributed by atoms with Crippen LogP contribution in [0.5, 0.6) is 5.75 Å². The number of aliphatic imine (C=N–C) groups is 1. The van der Waals surface area contributed by atoms with Gasteiger partial charge in [-0.3, -0.25) is 4.99 Å². The Morgan fingerprint density at radius 1 is 1.44 bits per heavy atom. The van der Waals surface area contributed by atoms with E-state index < -0.39 is 0 Å². The van der Waals surface area contributed by atoms with Crippen LogP contribution in [0.2, 0.25) is 0 Å². The number of ether oxygens (including phenoxy) is 1. The number of halogens is 2. The minimum absolute atomic E-state index is 0.549. The molecule has 0 unspecified atom stereocenters. The van der Waals surface area contributed by atoms with Gasteiger partial charge in [0.1, 0.15) is 12.4 Å². The molecule has 0 fully saturated rings. The number of anilines is 2. The van der Waals surface area contributed by atoms with Crippen molar-refractivity contribution in [2.24, 2.45) is 10.7 Å². The third-order valence-corrected chi connectivity index (χ3v) is 4.34. The van der Waals surface area contributed by atoms with Crippen LogP contribution in [0, 0.1) is 0 Å². The molecule has 0 bridgehead atoms. The molecule has 0 saturated heterocycles. The third kappa shape index (κ3) is 1.85. The summed E-state index contributed by atoms with van der Waals surface area (Å²) in [5, 5.41) is 3.34. The Morgan fingerprint density at radius 3 is 3.00 bits per heavy atom. The highest BCUT2D eigenvalue weighted by Crippen LogP contribution is 2.46. The number of nitrogens with zero attached hydrogens (tertiary/aromatic N) is 2. The summed E-state index contributed by atoms with van der Waals surface area (Å²) < 4.78 is 7.52. The number of nitrogens with one attached hydrogen (secondary N) is 1. The van der Waals surface area contributed by atoms with Crippen molar-refractivity contribution in [3.63, 3.8) is 0 Å². The molecule has 0 aromatic heterocycles. The van der Waals surface area contributed by atoms with Crippen LogP contribution >= 0.6 is 31.9 Å². The highest BCUT2D eigenvalue weighted by molar-refractivity contribution is 9.11. The van der Waals surface area contributed by atoms with Crippen LogP contribution in [0.3, 0.4) is 0 Å². The molecule has 0 aliphatic carbocycles. The number of guanidine groups is 1. The minimum atomic E-state index is 0.549. The van der Waals surface area contributed by atoms with Gasteiger partial charge in [0.05, 0.1) is 22.4 Å². The van der Waals surface area contributed by atoms with E-state index in [4.69, 9.17) is 10.5 Å². The number of hydrogen-bond donors (Lipinski definition) is 2. The van der Waals surface area contributed by atoms with E-state index in [2.05, 4.69) is 42.2 Å². The summed E-state index contributed by atoms with van der Waals surface area (Å²) >= 11 is 7.20. The van der Waals surface area contributed by atoms with Crippen molar-refractivity contribution in [2.75, 3.05) is 36.5 Å². The van der Waals surface area contributed by atoms with Gasteiger partial charge in [-0.15, -0.1) is 0 Å². The number of fused-ring (bicyclic) bond motifs is 1. The molecule has 1 aromatic rings. The van der Waals surface area contributed by atoms with E-state index in [9.17, 15) is 0 Å². The molecule has 3 N–H and O–H groups in total. The maximum absolute atomic E-state index is 5.91. The van der Waals surface area contributed by atoms with Gasteiger partial charge in [-0.2, -0.15) is 0 Å². The lowest BCUT2D eigenvalue weighted by molar-refractivity contribution is 0.323. The Hall–Kier alpha value is -0.950. The second-order valence-electron chi connectivity index (χ2n) is 4.06. The molecule has 1 aromatic carbocycles. The SMILES string of the molecule is NC1=NCCN1c1c(Br)cc2c(c1Br)NCCO2. The zero-order valence-corrected chi connectivity index (χ0v) is 12.7. The summed E-state index contributed by atoms with van der Waals surface area (Å²) in [6, 6.07) is 1.97. The van der Waals surface area contributed by atoms with E-state index in [1.54, 1.807) is 0 Å². The summed E-state index contributed by atoms with van der Waals surface area (Å²) in [5.41, 5.74) is 7.87. The van der Waals surface area contributed by atoms with Crippen molar-refractivity contribution in [2.45, 2.75) is 0 Å². The zero-order chi connectivity index (χ0) is 12.7. The zero-order valence-electron chi connectivity index (χ0n) is 9.54. The van der Waals surface area contributed by atoms with Crippen molar-refractivity contribution < 1.29 is 4.74 Å². The van der Waals surface area contributed by atoms with Gasteiger partial charge >= 0.3 is 0 Å². The molecule has 5 nitrogen and oxygen atoms in total. The Bertz CT molecular complexity index is 532. The summed E-state index contributed by atoms with van der Waals surface area (Å²) in [4.78, 5) is 6.21. The highest BCUT2D eigenvalue weighted by atomic mass is 79.9. The predicted molar refractivity (Wildman–Crippen MR) is 79.7 cm³/mol. The molecule has 3 rings (SSSR count). The maximum Gasteiger partial charge on any atom is 0.196 e. The molecule has 0 radical (unpaired) electrons. The van der Waals surface area contributed by atoms with Crippen LogP contribution in [0.4, 0.5) is 11.4 Å². The first-order chi connectivity index (χ1) is 8.68. The maximum atomic E-state index is 5.91. The van der Waals surface area contributed by atoms with Gasteiger partial charge in [0.25, 0.3) is 0 Å². The molecular formula is C11H12Br2N4O. The average Bonchev–Trinajstić information content (AvgIpc) is 2.76. The fourth-order valence-electron chi connectivity index (χ4n) is 2.14. The minimum Gasteiger partial charge on any atom is -0.490 e. The fraction of sp³-hybridized carbons (Fsp3) is 0.364. The highest BCUT2D eigenvalue weighted by Gasteiger charge is 2.25. The molecule has 0 amide bonds. The average molecular weight is 376 g/mol. The van der Waals surface area contributed by atoms with E-state index in [1.807, 2.05) is 11.0 Å². The van der Waals surface area contributed by atoms with Crippen LogP contribution in [0.25, 0.3) is 0 Å². The Kier molecular flexibility index (Phi) is 3.11.